The lowest BCUT2D eigenvalue weighted by Crippen LogP contribution is -2.57. The van der Waals surface area contributed by atoms with Crippen molar-refractivity contribution in [2.45, 2.75) is 18.4 Å². The Balaban J connectivity index is 1.55. The van der Waals surface area contributed by atoms with Gasteiger partial charge in [-0.05, 0) is 27.8 Å². The van der Waals surface area contributed by atoms with E-state index in [0.29, 0.717) is 10.6 Å². The van der Waals surface area contributed by atoms with Gasteiger partial charge in [0.05, 0.1) is 0 Å². The molecule has 4 rings (SSSR count). The molecule has 0 saturated carbocycles. The zero-order valence-electron chi connectivity index (χ0n) is 17.7. The van der Waals surface area contributed by atoms with Crippen molar-refractivity contribution in [3.05, 3.63) is 95.6 Å². The van der Waals surface area contributed by atoms with E-state index in [0.717, 1.165) is 22.3 Å². The third-order valence-corrected chi connectivity index (χ3v) is 5.63. The number of ether oxygens (including phenoxy) is 1. The molecule has 0 fully saturated rings. The van der Waals surface area contributed by atoms with Gasteiger partial charge < -0.3 is 15.6 Å². The van der Waals surface area contributed by atoms with Gasteiger partial charge in [0.25, 0.3) is 0 Å². The van der Waals surface area contributed by atoms with Crippen molar-refractivity contribution in [1.82, 2.24) is 10.4 Å². The first kappa shape index (κ1) is 21.9. The summed E-state index contributed by atoms with van der Waals surface area (Å²) in [5.41, 5.74) is 12.2. The van der Waals surface area contributed by atoms with Crippen molar-refractivity contribution in [2.75, 3.05) is 6.61 Å². The van der Waals surface area contributed by atoms with Crippen LogP contribution in [0, 0.1) is 0 Å². The number of hydrogen-bond donors (Lipinski definition) is 3. The van der Waals surface area contributed by atoms with E-state index in [1.54, 1.807) is 30.3 Å². The normalized spacial score (nSPS) is 12.8. The number of nitrogens with one attached hydrogen (secondary N) is 1. The molecule has 0 unspecified atom stereocenters. The molecule has 0 saturated heterocycles. The summed E-state index contributed by atoms with van der Waals surface area (Å²) < 4.78 is 5.52. The van der Waals surface area contributed by atoms with Crippen molar-refractivity contribution < 1.29 is 24.2 Å². The standard InChI is InChI=1S/C25H23N3O5/c26-24(31)27-28(22(23(29)30)14-16-8-2-1-3-9-16)25(32)33-15-21-19-12-6-4-10-17(19)18-11-5-7-13-20(18)21/h1-13,21-22H,14-15H2,(H,29,30)(H3,26,27,31)/t22-/m1/s1. The van der Waals surface area contributed by atoms with Crippen LogP contribution < -0.4 is 11.2 Å². The number of rotatable bonds is 6. The van der Waals surface area contributed by atoms with Gasteiger partial charge in [-0.15, -0.1) is 0 Å². The van der Waals surface area contributed by atoms with E-state index in [1.807, 2.05) is 48.5 Å². The number of carbonyl (C=O) groups is 3. The largest absolute Gasteiger partial charge is 0.480 e. The van der Waals surface area contributed by atoms with Gasteiger partial charge in [0, 0.05) is 12.3 Å². The molecule has 0 heterocycles. The molecular formula is C25H23N3O5. The van der Waals surface area contributed by atoms with E-state index in [9.17, 15) is 19.5 Å². The Kier molecular flexibility index (Phi) is 6.26. The molecular weight excluding hydrogens is 422 g/mol. The second kappa shape index (κ2) is 9.44. The summed E-state index contributed by atoms with van der Waals surface area (Å²) in [5, 5.41) is 10.4. The van der Waals surface area contributed by atoms with E-state index in [2.05, 4.69) is 5.43 Å². The van der Waals surface area contributed by atoms with Crippen LogP contribution in [0.1, 0.15) is 22.6 Å². The Morgan fingerprint density at radius 2 is 1.45 bits per heavy atom. The van der Waals surface area contributed by atoms with Gasteiger partial charge in [0.2, 0.25) is 0 Å². The molecule has 0 radical (unpaired) electrons. The van der Waals surface area contributed by atoms with E-state index < -0.39 is 24.1 Å². The molecule has 8 heteroatoms. The number of hydrazine groups is 1. The number of nitrogens with zero attached hydrogens (tertiary/aromatic N) is 1. The van der Waals surface area contributed by atoms with Gasteiger partial charge in [0.1, 0.15) is 6.61 Å². The Labute approximate surface area is 190 Å². The highest BCUT2D eigenvalue weighted by Crippen LogP contribution is 2.44. The number of urea groups is 1. The van der Waals surface area contributed by atoms with Crippen LogP contribution in [0.25, 0.3) is 11.1 Å². The molecule has 0 spiro atoms. The fraction of sp³-hybridized carbons (Fsp3) is 0.160. The lowest BCUT2D eigenvalue weighted by molar-refractivity contribution is -0.143. The number of benzene rings is 3. The molecule has 3 aromatic carbocycles. The summed E-state index contributed by atoms with van der Waals surface area (Å²) in [6, 6.07) is 22.0. The number of aliphatic carboxylic acids is 1. The van der Waals surface area contributed by atoms with E-state index >= 15 is 0 Å². The van der Waals surface area contributed by atoms with Crippen molar-refractivity contribution in [3.8, 4) is 11.1 Å². The smallest absolute Gasteiger partial charge is 0.429 e. The number of carboxylic acid groups (broad SMARTS) is 1. The average Bonchev–Trinajstić information content (AvgIpc) is 3.14. The first-order valence-corrected chi connectivity index (χ1v) is 10.4. The Bertz CT molecular complexity index is 1140. The van der Waals surface area contributed by atoms with Crippen LogP contribution in [0.15, 0.2) is 78.9 Å². The highest BCUT2D eigenvalue weighted by Gasteiger charge is 2.34. The minimum atomic E-state index is -1.41. The topological polar surface area (TPSA) is 122 Å². The molecule has 1 aliphatic carbocycles. The van der Waals surface area contributed by atoms with Crippen molar-refractivity contribution in [3.63, 3.8) is 0 Å². The van der Waals surface area contributed by atoms with Crippen LogP contribution in [0.3, 0.4) is 0 Å². The molecule has 33 heavy (non-hydrogen) atoms. The molecule has 0 bridgehead atoms. The Morgan fingerprint density at radius 1 is 0.909 bits per heavy atom. The second-order valence-electron chi connectivity index (χ2n) is 7.69. The molecule has 4 N–H and O–H groups in total. The molecule has 1 atom stereocenters. The predicted molar refractivity (Wildman–Crippen MR) is 121 cm³/mol. The SMILES string of the molecule is NC(=O)NN(C(=O)OCC1c2ccccc2-c2ccccc21)[C@H](Cc1ccccc1)C(=O)O. The maximum atomic E-state index is 13.0. The highest BCUT2D eigenvalue weighted by atomic mass is 16.6. The van der Waals surface area contributed by atoms with Crippen molar-refractivity contribution in [2.24, 2.45) is 5.73 Å². The van der Waals surface area contributed by atoms with E-state index in [1.165, 1.54) is 0 Å². The quantitative estimate of drug-likeness (QED) is 0.501. The van der Waals surface area contributed by atoms with Gasteiger partial charge >= 0.3 is 18.1 Å². The summed E-state index contributed by atoms with van der Waals surface area (Å²) in [7, 11) is 0. The first-order chi connectivity index (χ1) is 16.0. The monoisotopic (exact) mass is 445 g/mol. The fourth-order valence-electron chi connectivity index (χ4n) is 4.16. The third kappa shape index (κ3) is 4.64. The summed E-state index contributed by atoms with van der Waals surface area (Å²) in [5.74, 6) is -1.52. The number of primary amides is 1. The maximum absolute atomic E-state index is 13.0. The van der Waals surface area contributed by atoms with Crippen molar-refractivity contribution in [1.29, 1.82) is 0 Å². The number of carboxylic acids is 1. The van der Waals surface area contributed by atoms with Gasteiger partial charge in [0.15, 0.2) is 6.04 Å². The van der Waals surface area contributed by atoms with Gasteiger partial charge in [-0.3, -0.25) is 0 Å². The van der Waals surface area contributed by atoms with Crippen LogP contribution in [0.4, 0.5) is 9.59 Å². The van der Waals surface area contributed by atoms with Crippen molar-refractivity contribution >= 4 is 18.1 Å². The Hall–Kier alpha value is -4.33. The van der Waals surface area contributed by atoms with Gasteiger partial charge in [-0.2, -0.15) is 0 Å². The minimum absolute atomic E-state index is 0.0263. The summed E-state index contributed by atoms with van der Waals surface area (Å²) in [6.07, 6.45) is -1.04. The van der Waals surface area contributed by atoms with Crippen LogP contribution in [0.5, 0.6) is 0 Å². The number of amides is 3. The third-order valence-electron chi connectivity index (χ3n) is 5.63. The van der Waals surface area contributed by atoms with Gasteiger partial charge in [-0.25, -0.2) is 24.8 Å². The zero-order chi connectivity index (χ0) is 23.4. The second-order valence-corrected chi connectivity index (χ2v) is 7.69. The zero-order valence-corrected chi connectivity index (χ0v) is 17.7. The van der Waals surface area contributed by atoms with E-state index in [4.69, 9.17) is 10.5 Å². The predicted octanol–water partition coefficient (Wildman–Crippen LogP) is 3.52. The molecule has 0 aromatic heterocycles. The van der Waals surface area contributed by atoms with Crippen LogP contribution in [-0.4, -0.2) is 40.9 Å². The molecule has 3 aromatic rings. The van der Waals surface area contributed by atoms with Gasteiger partial charge in [-0.1, -0.05) is 78.9 Å². The molecule has 168 valence electrons. The minimum Gasteiger partial charge on any atom is -0.480 e. The first-order valence-electron chi connectivity index (χ1n) is 10.4. The molecule has 8 nitrogen and oxygen atoms in total. The summed E-state index contributed by atoms with van der Waals surface area (Å²) >= 11 is 0. The highest BCUT2D eigenvalue weighted by molar-refractivity contribution is 5.83. The average molecular weight is 445 g/mol. The van der Waals surface area contributed by atoms with E-state index in [-0.39, 0.29) is 18.9 Å². The number of fused-ring (bicyclic) bond motifs is 3. The Morgan fingerprint density at radius 3 is 2.00 bits per heavy atom. The molecule has 1 aliphatic rings. The summed E-state index contributed by atoms with van der Waals surface area (Å²) in [6.45, 7) is -0.0263. The van der Waals surface area contributed by atoms with Crippen LogP contribution in [-0.2, 0) is 16.0 Å². The summed E-state index contributed by atoms with van der Waals surface area (Å²) in [4.78, 5) is 36.5. The van der Waals surface area contributed by atoms with Crippen LogP contribution in [0.2, 0.25) is 0 Å². The molecule has 3 amide bonds. The fourth-order valence-corrected chi connectivity index (χ4v) is 4.16. The lowest BCUT2D eigenvalue weighted by Gasteiger charge is -2.28. The lowest BCUT2D eigenvalue weighted by atomic mass is 9.98. The number of nitrogens with two attached hydrogens (primary N) is 1. The molecule has 0 aliphatic heterocycles. The number of carbonyl (C=O) groups excluding carboxylic acids is 2. The maximum Gasteiger partial charge on any atom is 0.429 e. The number of hydrogen-bond acceptors (Lipinski definition) is 4. The van der Waals surface area contributed by atoms with Crippen LogP contribution >= 0.6 is 0 Å².